The van der Waals surface area contributed by atoms with E-state index in [1.807, 2.05) is 6.92 Å². The second-order valence-corrected chi connectivity index (χ2v) is 7.23. The van der Waals surface area contributed by atoms with Gasteiger partial charge in [-0.05, 0) is 24.8 Å². The summed E-state index contributed by atoms with van der Waals surface area (Å²) in [6.45, 7) is 18.9. The molecule has 0 atom stereocenters. The maximum absolute atomic E-state index is 12.4. The second-order valence-electron chi connectivity index (χ2n) is 7.23. The van der Waals surface area contributed by atoms with Crippen LogP contribution in [0.15, 0.2) is 28.4 Å². The van der Waals surface area contributed by atoms with Crippen LogP contribution in [0.4, 0.5) is 0 Å². The van der Waals surface area contributed by atoms with E-state index >= 15 is 0 Å². The van der Waals surface area contributed by atoms with Gasteiger partial charge in [-0.25, -0.2) is 0 Å². The van der Waals surface area contributed by atoms with Crippen molar-refractivity contribution in [1.29, 1.82) is 0 Å². The van der Waals surface area contributed by atoms with E-state index in [1.54, 1.807) is 6.34 Å². The van der Waals surface area contributed by atoms with Crippen molar-refractivity contribution in [2.24, 2.45) is 10.9 Å². The van der Waals surface area contributed by atoms with Gasteiger partial charge in [-0.3, -0.25) is 14.7 Å². The average Bonchev–Trinajstić information content (AvgIpc) is 2.63. The maximum atomic E-state index is 12.4. The number of nitrogens with one attached hydrogen (secondary N) is 3. The van der Waals surface area contributed by atoms with Crippen molar-refractivity contribution in [2.75, 3.05) is 45.8 Å². The predicted molar refractivity (Wildman–Crippen MR) is 110 cm³/mol. The van der Waals surface area contributed by atoms with Gasteiger partial charge in [0.2, 0.25) is 5.91 Å². The Labute approximate surface area is 159 Å². The van der Waals surface area contributed by atoms with Crippen molar-refractivity contribution >= 4 is 12.2 Å². The van der Waals surface area contributed by atoms with Crippen molar-refractivity contribution in [3.05, 3.63) is 23.4 Å². The first-order valence-electron chi connectivity index (χ1n) is 9.80. The highest BCUT2D eigenvalue weighted by Crippen LogP contribution is 2.15. The normalized spacial score (nSPS) is 16.7. The summed E-state index contributed by atoms with van der Waals surface area (Å²) >= 11 is 0. The highest BCUT2D eigenvalue weighted by molar-refractivity contribution is 5.94. The Morgan fingerprint density at radius 2 is 2.04 bits per heavy atom. The highest BCUT2D eigenvalue weighted by atomic mass is 16.1. The van der Waals surface area contributed by atoms with Gasteiger partial charge in [0.15, 0.2) is 0 Å². The summed E-state index contributed by atoms with van der Waals surface area (Å²) in [5.41, 5.74) is 2.40. The second kappa shape index (κ2) is 12.7. The van der Waals surface area contributed by atoms with Gasteiger partial charge < -0.3 is 16.0 Å². The van der Waals surface area contributed by atoms with E-state index in [1.165, 1.54) is 0 Å². The molecule has 0 aromatic carbocycles. The minimum Gasteiger partial charge on any atom is -0.352 e. The molecule has 0 bridgehead atoms. The molecular weight excluding hydrogens is 326 g/mol. The summed E-state index contributed by atoms with van der Waals surface area (Å²) < 4.78 is 0. The molecule has 1 rings (SSSR count). The molecule has 0 aliphatic carbocycles. The topological polar surface area (TPSA) is 68.8 Å². The van der Waals surface area contributed by atoms with Crippen molar-refractivity contribution < 1.29 is 4.79 Å². The first-order chi connectivity index (χ1) is 12.5. The van der Waals surface area contributed by atoms with Crippen LogP contribution in [0.3, 0.4) is 0 Å². The Hall–Kier alpha value is -1.66. The van der Waals surface area contributed by atoms with Gasteiger partial charge in [0.05, 0.1) is 18.6 Å². The number of hydrogen-bond donors (Lipinski definition) is 3. The molecule has 3 N–H and O–H groups in total. The third-order valence-corrected chi connectivity index (χ3v) is 4.35. The number of rotatable bonds is 11. The van der Waals surface area contributed by atoms with Gasteiger partial charge in [0.1, 0.15) is 0 Å². The zero-order chi connectivity index (χ0) is 19.4. The van der Waals surface area contributed by atoms with Crippen molar-refractivity contribution in [2.45, 2.75) is 40.5 Å². The maximum Gasteiger partial charge on any atom is 0.249 e. The van der Waals surface area contributed by atoms with Crippen molar-refractivity contribution in [1.82, 2.24) is 20.9 Å². The lowest BCUT2D eigenvalue weighted by Gasteiger charge is -2.26. The summed E-state index contributed by atoms with van der Waals surface area (Å²) in [4.78, 5) is 19.3. The zero-order valence-corrected chi connectivity index (χ0v) is 17.0. The number of piperazine rings is 1. The van der Waals surface area contributed by atoms with E-state index < -0.39 is 0 Å². The van der Waals surface area contributed by atoms with Crippen LogP contribution in [-0.2, 0) is 4.79 Å². The summed E-state index contributed by atoms with van der Waals surface area (Å²) in [7, 11) is 0. The molecule has 0 aromatic heterocycles. The Morgan fingerprint density at radius 1 is 1.35 bits per heavy atom. The Bertz CT molecular complexity index is 504. The molecule has 0 radical (unpaired) electrons. The minimum atomic E-state index is -0.0485. The van der Waals surface area contributed by atoms with Gasteiger partial charge >= 0.3 is 0 Å². The quantitative estimate of drug-likeness (QED) is 0.227. The van der Waals surface area contributed by atoms with E-state index in [0.717, 1.165) is 63.4 Å². The van der Waals surface area contributed by atoms with Gasteiger partial charge in [0, 0.05) is 44.8 Å². The van der Waals surface area contributed by atoms with Crippen LogP contribution in [0.1, 0.15) is 40.5 Å². The number of hydrogen-bond acceptors (Lipinski definition) is 4. The average molecular weight is 364 g/mol. The van der Waals surface area contributed by atoms with Crippen LogP contribution >= 0.6 is 0 Å². The van der Waals surface area contributed by atoms with E-state index in [2.05, 4.69) is 53.2 Å². The summed E-state index contributed by atoms with van der Waals surface area (Å²) in [6, 6.07) is 0. The lowest BCUT2D eigenvalue weighted by molar-refractivity contribution is -0.117. The number of amides is 1. The first kappa shape index (κ1) is 22.4. The van der Waals surface area contributed by atoms with Crippen LogP contribution in [0, 0.1) is 5.92 Å². The zero-order valence-electron chi connectivity index (χ0n) is 17.0. The summed E-state index contributed by atoms with van der Waals surface area (Å²) in [6.07, 6.45) is 3.55. The Kier molecular flexibility index (Phi) is 10.9. The standard InChI is InChI=1S/C20H37N5O/c1-6-7-17(4)19(18(5)20(26)23-14-16(2)3)24-15-22-10-13-25-11-8-21-9-12-25/h15-16,21H,4,6-14H2,1-3,5H3,(H,22,24)(H,23,26)/b19-18-. The fourth-order valence-electron chi connectivity index (χ4n) is 2.75. The number of allylic oxidation sites excluding steroid dienone is 1. The third kappa shape index (κ3) is 8.63. The largest absolute Gasteiger partial charge is 0.352 e. The Morgan fingerprint density at radius 3 is 2.65 bits per heavy atom. The molecule has 0 aromatic rings. The summed E-state index contributed by atoms with van der Waals surface area (Å²) in [5, 5.41) is 9.53. The molecule has 0 spiro atoms. The molecule has 0 saturated carbocycles. The van der Waals surface area contributed by atoms with Crippen LogP contribution < -0.4 is 16.0 Å². The molecule has 1 fully saturated rings. The van der Waals surface area contributed by atoms with E-state index in [9.17, 15) is 4.79 Å². The molecule has 26 heavy (non-hydrogen) atoms. The fraction of sp³-hybridized carbons (Fsp3) is 0.700. The van der Waals surface area contributed by atoms with E-state index in [0.29, 0.717) is 18.0 Å². The van der Waals surface area contributed by atoms with Gasteiger partial charge in [-0.1, -0.05) is 33.8 Å². The predicted octanol–water partition coefficient (Wildman–Crippen LogP) is 1.91. The van der Waals surface area contributed by atoms with Gasteiger partial charge in [-0.15, -0.1) is 0 Å². The van der Waals surface area contributed by atoms with Crippen LogP contribution in [0.25, 0.3) is 0 Å². The Balaban J connectivity index is 2.61. The van der Waals surface area contributed by atoms with E-state index in [-0.39, 0.29) is 5.91 Å². The molecule has 1 heterocycles. The number of aliphatic imine (C=N–C) groups is 1. The SMILES string of the molecule is C=C(CCC)/C(NC=NCCN1CCNCC1)=C(\C)C(=O)NCC(C)C. The number of nitrogens with zero attached hydrogens (tertiary/aromatic N) is 2. The molecule has 1 amide bonds. The lowest BCUT2D eigenvalue weighted by atomic mass is 10.0. The molecule has 1 aliphatic heterocycles. The first-order valence-corrected chi connectivity index (χ1v) is 9.80. The lowest BCUT2D eigenvalue weighted by Crippen LogP contribution is -2.44. The van der Waals surface area contributed by atoms with Crippen LogP contribution in [0.5, 0.6) is 0 Å². The van der Waals surface area contributed by atoms with E-state index in [4.69, 9.17) is 0 Å². The molecule has 1 saturated heterocycles. The number of carbonyl (C=O) groups excluding carboxylic acids is 1. The molecule has 0 unspecified atom stereocenters. The molecule has 6 heteroatoms. The molecule has 148 valence electrons. The van der Waals surface area contributed by atoms with Crippen molar-refractivity contribution in [3.63, 3.8) is 0 Å². The van der Waals surface area contributed by atoms with Crippen LogP contribution in [-0.4, -0.2) is 63.0 Å². The molecule has 1 aliphatic rings. The number of carbonyl (C=O) groups is 1. The molecule has 6 nitrogen and oxygen atoms in total. The van der Waals surface area contributed by atoms with Crippen LogP contribution in [0.2, 0.25) is 0 Å². The smallest absolute Gasteiger partial charge is 0.249 e. The highest BCUT2D eigenvalue weighted by Gasteiger charge is 2.13. The van der Waals surface area contributed by atoms with Gasteiger partial charge in [-0.2, -0.15) is 0 Å². The van der Waals surface area contributed by atoms with Gasteiger partial charge in [0.25, 0.3) is 0 Å². The fourth-order valence-corrected chi connectivity index (χ4v) is 2.75. The monoisotopic (exact) mass is 363 g/mol. The third-order valence-electron chi connectivity index (χ3n) is 4.35. The minimum absolute atomic E-state index is 0.0485. The van der Waals surface area contributed by atoms with Crippen molar-refractivity contribution in [3.8, 4) is 0 Å². The summed E-state index contributed by atoms with van der Waals surface area (Å²) in [5.74, 6) is 0.376. The molecular formula is C20H37N5O.